The Labute approximate surface area is 262 Å². The van der Waals surface area contributed by atoms with Gasteiger partial charge in [-0.1, -0.05) is 83.4 Å². The van der Waals surface area contributed by atoms with Gasteiger partial charge in [0.05, 0.1) is 6.61 Å². The van der Waals surface area contributed by atoms with Crippen molar-refractivity contribution in [1.82, 2.24) is 21.3 Å². The van der Waals surface area contributed by atoms with Crippen LogP contribution < -0.4 is 21.3 Å². The van der Waals surface area contributed by atoms with Crippen LogP contribution in [0.25, 0.3) is 0 Å². The summed E-state index contributed by atoms with van der Waals surface area (Å²) >= 11 is 0. The maximum Gasteiger partial charge on any atom is 0.407 e. The van der Waals surface area contributed by atoms with E-state index in [1.165, 1.54) is 13.0 Å². The lowest BCUT2D eigenvalue weighted by Crippen LogP contribution is -2.57. The first-order chi connectivity index (χ1) is 20.9. The molecule has 0 spiro atoms. The maximum absolute atomic E-state index is 13.0. The molecule has 11 nitrogen and oxygen atoms in total. The van der Waals surface area contributed by atoms with E-state index in [-0.39, 0.29) is 36.6 Å². The summed E-state index contributed by atoms with van der Waals surface area (Å²) in [6.07, 6.45) is 7.44. The molecule has 3 atom stereocenters. The molecule has 1 aromatic rings. The Hall–Kier alpha value is -3.73. The van der Waals surface area contributed by atoms with Crippen LogP contribution in [0.15, 0.2) is 42.5 Å². The fourth-order valence-corrected chi connectivity index (χ4v) is 4.37. The van der Waals surface area contributed by atoms with E-state index < -0.39 is 42.6 Å². The minimum absolute atomic E-state index is 0.151. The topological polar surface area (TPSA) is 163 Å². The second-order valence-corrected chi connectivity index (χ2v) is 11.8. The van der Waals surface area contributed by atoms with E-state index in [2.05, 4.69) is 21.3 Å². The highest BCUT2D eigenvalue weighted by Crippen LogP contribution is 2.09. The van der Waals surface area contributed by atoms with Crippen molar-refractivity contribution in [1.29, 1.82) is 0 Å². The number of alkyl carbamates (subject to hydrolysis) is 1. The number of ether oxygens (including phenoxy) is 1. The van der Waals surface area contributed by atoms with Gasteiger partial charge in [-0.05, 0) is 49.7 Å². The van der Waals surface area contributed by atoms with Crippen molar-refractivity contribution in [2.45, 2.75) is 104 Å². The predicted molar refractivity (Wildman–Crippen MR) is 169 cm³/mol. The number of unbranched alkanes of at least 4 members (excludes halogenated alkanes) is 4. The average Bonchev–Trinajstić information content (AvgIpc) is 2.97. The molecule has 44 heavy (non-hydrogen) atoms. The van der Waals surface area contributed by atoms with E-state index in [4.69, 9.17) is 4.74 Å². The molecule has 0 aliphatic heterocycles. The summed E-state index contributed by atoms with van der Waals surface area (Å²) < 4.78 is 5.18. The number of aliphatic hydroxyl groups is 1. The number of rotatable bonds is 21. The zero-order chi connectivity index (χ0) is 32.9. The van der Waals surface area contributed by atoms with Crippen molar-refractivity contribution in [3.05, 3.63) is 48.0 Å². The van der Waals surface area contributed by atoms with Gasteiger partial charge in [-0.25, -0.2) is 4.79 Å². The minimum atomic E-state index is -1.21. The molecule has 0 saturated carbocycles. The van der Waals surface area contributed by atoms with Crippen molar-refractivity contribution >= 4 is 29.6 Å². The second kappa shape index (κ2) is 21.9. The lowest BCUT2D eigenvalue weighted by atomic mass is 10.0. The van der Waals surface area contributed by atoms with Crippen molar-refractivity contribution in [2.24, 2.45) is 11.8 Å². The van der Waals surface area contributed by atoms with Crippen molar-refractivity contribution in [3.8, 4) is 0 Å². The van der Waals surface area contributed by atoms with Gasteiger partial charge in [0.2, 0.25) is 17.7 Å². The van der Waals surface area contributed by atoms with Gasteiger partial charge in [0, 0.05) is 19.0 Å². The van der Waals surface area contributed by atoms with Crippen LogP contribution in [0.3, 0.4) is 0 Å². The van der Waals surface area contributed by atoms with Gasteiger partial charge < -0.3 is 31.1 Å². The number of aliphatic hydroxyl groups excluding tert-OH is 1. The number of carbonyl (C=O) groups excluding carboxylic acids is 5. The third-order valence-corrected chi connectivity index (χ3v) is 6.76. The fourth-order valence-electron chi connectivity index (χ4n) is 4.37. The highest BCUT2D eigenvalue weighted by Gasteiger charge is 2.29. The maximum atomic E-state index is 13.0. The molecular weight excluding hydrogens is 564 g/mol. The first-order valence-electron chi connectivity index (χ1n) is 15.6. The van der Waals surface area contributed by atoms with E-state index >= 15 is 0 Å². The number of hydrogen-bond donors (Lipinski definition) is 5. The molecule has 0 aromatic heterocycles. The Balaban J connectivity index is 2.38. The molecule has 0 heterocycles. The van der Waals surface area contributed by atoms with Gasteiger partial charge in [0.15, 0.2) is 5.78 Å². The summed E-state index contributed by atoms with van der Waals surface area (Å²) in [7, 11) is 0. The van der Waals surface area contributed by atoms with Gasteiger partial charge in [-0.3, -0.25) is 19.2 Å². The Morgan fingerprint density at radius 2 is 1.52 bits per heavy atom. The molecule has 5 N–H and O–H groups in total. The third kappa shape index (κ3) is 17.4. The van der Waals surface area contributed by atoms with Crippen molar-refractivity contribution in [2.75, 3.05) is 13.2 Å². The Morgan fingerprint density at radius 3 is 2.14 bits per heavy atom. The van der Waals surface area contributed by atoms with Gasteiger partial charge in [0.25, 0.3) is 0 Å². The summed E-state index contributed by atoms with van der Waals surface area (Å²) in [6, 6.07) is 6.94. The molecule has 4 amide bonds. The summed E-state index contributed by atoms with van der Waals surface area (Å²) in [4.78, 5) is 61.5. The van der Waals surface area contributed by atoms with Crippen LogP contribution in [0, 0.1) is 11.8 Å². The van der Waals surface area contributed by atoms with Gasteiger partial charge >= 0.3 is 6.09 Å². The highest BCUT2D eigenvalue weighted by atomic mass is 16.5. The first kappa shape index (κ1) is 38.3. The number of amides is 4. The summed E-state index contributed by atoms with van der Waals surface area (Å²) in [5.41, 5.74) is 0.926. The zero-order valence-corrected chi connectivity index (χ0v) is 26.9. The van der Waals surface area contributed by atoms with Crippen LogP contribution in [-0.2, 0) is 30.5 Å². The summed E-state index contributed by atoms with van der Waals surface area (Å²) in [5, 5.41) is 20.6. The molecule has 0 radical (unpaired) electrons. The molecule has 0 unspecified atom stereocenters. The van der Waals surface area contributed by atoms with E-state index in [0.29, 0.717) is 19.4 Å². The number of hydrogen-bond acceptors (Lipinski definition) is 7. The van der Waals surface area contributed by atoms with Crippen LogP contribution in [-0.4, -0.2) is 66.0 Å². The van der Waals surface area contributed by atoms with Crippen LogP contribution >= 0.6 is 0 Å². The van der Waals surface area contributed by atoms with Crippen LogP contribution in [0.1, 0.15) is 85.1 Å². The van der Waals surface area contributed by atoms with Gasteiger partial charge in [-0.15, -0.1) is 0 Å². The van der Waals surface area contributed by atoms with Gasteiger partial charge in [0.1, 0.15) is 18.7 Å². The molecule has 1 rings (SSSR count). The Morgan fingerprint density at radius 1 is 0.864 bits per heavy atom. The predicted octanol–water partition coefficient (Wildman–Crippen LogP) is 3.55. The van der Waals surface area contributed by atoms with E-state index in [1.54, 1.807) is 19.9 Å². The lowest BCUT2D eigenvalue weighted by molar-refractivity contribution is -0.133. The molecule has 0 aliphatic rings. The minimum Gasteiger partial charge on any atom is -0.445 e. The smallest absolute Gasteiger partial charge is 0.407 e. The largest absolute Gasteiger partial charge is 0.445 e. The number of allylic oxidation sites excluding steroid dienone is 1. The van der Waals surface area contributed by atoms with Gasteiger partial charge in [-0.2, -0.15) is 0 Å². The SMILES string of the molecule is CC(=O)/C=C/[C@H](CC(C)C)NC(=O)[C@H](CO)NC(=O)[C@@H](NC(=O)CCCCCCCNC(=O)OCc1ccccc1)C(C)C. The number of ketones is 1. The summed E-state index contributed by atoms with van der Waals surface area (Å²) in [6.45, 7) is 9.07. The summed E-state index contributed by atoms with van der Waals surface area (Å²) in [5.74, 6) is -1.57. The first-order valence-corrected chi connectivity index (χ1v) is 15.6. The normalized spacial score (nSPS) is 13.3. The molecule has 0 aliphatic carbocycles. The third-order valence-electron chi connectivity index (χ3n) is 6.76. The average molecular weight is 617 g/mol. The van der Waals surface area contributed by atoms with E-state index in [9.17, 15) is 29.1 Å². The number of nitrogens with one attached hydrogen (secondary N) is 4. The second-order valence-electron chi connectivity index (χ2n) is 11.8. The van der Waals surface area contributed by atoms with Crippen molar-refractivity contribution in [3.63, 3.8) is 0 Å². The monoisotopic (exact) mass is 616 g/mol. The van der Waals surface area contributed by atoms with Crippen LogP contribution in [0.5, 0.6) is 0 Å². The standard InChI is InChI=1S/C33H52N4O7/c1-23(2)20-27(18-17-25(5)39)35-31(41)28(21-38)36-32(42)30(24(3)4)37-29(40)16-12-7-6-8-13-19-34-33(43)44-22-26-14-10-9-11-15-26/h9-11,14-15,17-18,23-24,27-28,30,38H,6-8,12-13,16,19-22H2,1-5H3,(H,34,43)(H,35,41)(H,36,42)(H,37,40)/b18-17+/t27-,28+,30+/m1/s1. The van der Waals surface area contributed by atoms with E-state index in [1.807, 2.05) is 44.2 Å². The molecule has 0 saturated heterocycles. The Kier molecular flexibility index (Phi) is 19.0. The molecular formula is C33H52N4O7. The molecule has 1 aromatic carbocycles. The van der Waals surface area contributed by atoms with Crippen LogP contribution in [0.4, 0.5) is 4.79 Å². The molecule has 11 heteroatoms. The molecule has 0 fully saturated rings. The zero-order valence-electron chi connectivity index (χ0n) is 26.9. The lowest BCUT2D eigenvalue weighted by Gasteiger charge is -2.26. The number of carbonyl (C=O) groups is 5. The van der Waals surface area contributed by atoms with E-state index in [0.717, 1.165) is 31.2 Å². The van der Waals surface area contributed by atoms with Crippen molar-refractivity contribution < 1.29 is 33.8 Å². The quantitative estimate of drug-likeness (QED) is 0.104. The molecule has 0 bridgehead atoms. The Bertz CT molecular complexity index is 1060. The number of benzene rings is 1. The molecule has 246 valence electrons. The highest BCUT2D eigenvalue weighted by molar-refractivity contribution is 5.92. The van der Waals surface area contributed by atoms with Crippen LogP contribution in [0.2, 0.25) is 0 Å². The fraction of sp³-hybridized carbons (Fsp3) is 0.606.